The molecule has 5 rings (SSSR count). The molecule has 5 nitrogen and oxygen atoms in total. The van der Waals surface area contributed by atoms with Crippen LogP contribution in [0.25, 0.3) is 0 Å². The van der Waals surface area contributed by atoms with Crippen molar-refractivity contribution in [3.05, 3.63) is 71.3 Å². The maximum absolute atomic E-state index is 13.3. The number of hydrogen-bond acceptors (Lipinski definition) is 4. The summed E-state index contributed by atoms with van der Waals surface area (Å²) in [4.78, 5) is 15.3. The normalized spacial score (nSPS) is 25.6. The van der Waals surface area contributed by atoms with Crippen LogP contribution in [0, 0.1) is 0 Å². The number of hydrogen-bond donors (Lipinski definition) is 0. The van der Waals surface area contributed by atoms with E-state index in [2.05, 4.69) is 43.3 Å². The van der Waals surface area contributed by atoms with Gasteiger partial charge in [-0.1, -0.05) is 42.5 Å². The molecule has 182 valence electrons. The number of carbonyl (C=O) groups is 1. The molecular formula is C29H37NO4. The summed E-state index contributed by atoms with van der Waals surface area (Å²) in [6.45, 7) is 4.20. The van der Waals surface area contributed by atoms with Crippen LogP contribution in [0.1, 0.15) is 79.5 Å². The van der Waals surface area contributed by atoms with E-state index in [1.165, 1.54) is 17.5 Å². The van der Waals surface area contributed by atoms with E-state index < -0.39 is 0 Å². The van der Waals surface area contributed by atoms with Crippen LogP contribution in [0.2, 0.25) is 0 Å². The number of ether oxygens (including phenoxy) is 3. The van der Waals surface area contributed by atoms with E-state index in [9.17, 15) is 4.79 Å². The van der Waals surface area contributed by atoms with Crippen LogP contribution < -0.4 is 0 Å². The molecule has 2 saturated heterocycles. The molecule has 3 fully saturated rings. The van der Waals surface area contributed by atoms with Gasteiger partial charge >= 0.3 is 0 Å². The highest BCUT2D eigenvalue weighted by Crippen LogP contribution is 2.45. The number of amides is 1. The average molecular weight is 464 g/mol. The molecule has 5 heteroatoms. The molecule has 0 N–H and O–H groups in total. The third kappa shape index (κ3) is 4.53. The summed E-state index contributed by atoms with van der Waals surface area (Å²) in [5.41, 5.74) is 2.77. The molecule has 1 aliphatic carbocycles. The number of likely N-dealkylation sites (tertiary alicyclic amines) is 1. The lowest BCUT2D eigenvalue weighted by Crippen LogP contribution is -2.52. The Kier molecular flexibility index (Phi) is 6.79. The van der Waals surface area contributed by atoms with Gasteiger partial charge in [-0.3, -0.25) is 4.79 Å². The lowest BCUT2D eigenvalue weighted by atomic mass is 9.74. The van der Waals surface area contributed by atoms with Crippen molar-refractivity contribution < 1.29 is 19.0 Å². The molecular weight excluding hydrogens is 426 g/mol. The number of benzene rings is 2. The van der Waals surface area contributed by atoms with Crippen LogP contribution in [0.4, 0.5) is 0 Å². The third-order valence-corrected chi connectivity index (χ3v) is 8.21. The van der Waals surface area contributed by atoms with Gasteiger partial charge in [-0.2, -0.15) is 0 Å². The average Bonchev–Trinajstić information content (AvgIpc) is 2.85. The monoisotopic (exact) mass is 463 g/mol. The van der Waals surface area contributed by atoms with E-state index in [0.717, 1.165) is 44.1 Å². The molecule has 2 atom stereocenters. The summed E-state index contributed by atoms with van der Waals surface area (Å²) >= 11 is 0. The van der Waals surface area contributed by atoms with Gasteiger partial charge in [0.2, 0.25) is 0 Å². The largest absolute Gasteiger partial charge is 0.378 e. The molecule has 2 aromatic rings. The first-order chi connectivity index (χ1) is 16.6. The Hall–Kier alpha value is -2.21. The minimum Gasteiger partial charge on any atom is -0.378 e. The highest BCUT2D eigenvalue weighted by atomic mass is 16.5. The minimum absolute atomic E-state index is 0.0425. The maximum atomic E-state index is 13.3. The maximum Gasteiger partial charge on any atom is 0.253 e. The smallest absolute Gasteiger partial charge is 0.253 e. The lowest BCUT2D eigenvalue weighted by molar-refractivity contribution is -0.190. The predicted octanol–water partition coefficient (Wildman–Crippen LogP) is 5.64. The van der Waals surface area contributed by atoms with E-state index in [1.54, 1.807) is 7.11 Å². The molecule has 2 unspecified atom stereocenters. The van der Waals surface area contributed by atoms with E-state index >= 15 is 0 Å². The van der Waals surface area contributed by atoms with Crippen molar-refractivity contribution >= 4 is 5.91 Å². The number of rotatable bonds is 6. The molecule has 3 aliphatic rings. The van der Waals surface area contributed by atoms with Crippen molar-refractivity contribution in [3.63, 3.8) is 0 Å². The molecule has 2 heterocycles. The number of methoxy groups -OCH3 is 1. The summed E-state index contributed by atoms with van der Waals surface area (Å²) in [6.07, 6.45) is 7.01. The minimum atomic E-state index is -0.228. The van der Waals surface area contributed by atoms with Gasteiger partial charge < -0.3 is 19.1 Å². The van der Waals surface area contributed by atoms with Crippen molar-refractivity contribution in [2.24, 2.45) is 0 Å². The zero-order valence-electron chi connectivity index (χ0n) is 20.5. The Morgan fingerprint density at radius 2 is 1.74 bits per heavy atom. The molecule has 0 aromatic heterocycles. The van der Waals surface area contributed by atoms with E-state index in [1.807, 2.05) is 23.1 Å². The van der Waals surface area contributed by atoms with Crippen LogP contribution in [0.5, 0.6) is 0 Å². The second kappa shape index (κ2) is 9.80. The number of nitrogens with zero attached hydrogens (tertiary/aromatic N) is 1. The zero-order valence-corrected chi connectivity index (χ0v) is 20.5. The molecule has 34 heavy (non-hydrogen) atoms. The molecule has 1 saturated carbocycles. The van der Waals surface area contributed by atoms with Crippen LogP contribution in [0.15, 0.2) is 54.6 Å². The van der Waals surface area contributed by atoms with E-state index in [4.69, 9.17) is 14.2 Å². The molecule has 0 radical (unpaired) electrons. The lowest BCUT2D eigenvalue weighted by Gasteiger charge is -2.48. The summed E-state index contributed by atoms with van der Waals surface area (Å²) in [7, 11) is 1.79. The fourth-order valence-corrected chi connectivity index (χ4v) is 6.02. The van der Waals surface area contributed by atoms with E-state index in [-0.39, 0.29) is 29.3 Å². The van der Waals surface area contributed by atoms with Gasteiger partial charge in [0.25, 0.3) is 5.91 Å². The Balaban J connectivity index is 1.25. The topological polar surface area (TPSA) is 48.0 Å². The second-order valence-electron chi connectivity index (χ2n) is 10.1. The fraction of sp³-hybridized carbons (Fsp3) is 0.552. The standard InChI is InChI=1S/C29H37NO4/c1-3-33-25-20-26(22-8-5-4-6-9-22)34-28(21-25)16-18-30(19-17-28)27(31)23-10-12-24(13-11-23)29(32-2)14-7-15-29/h4-6,8-13,25-26H,3,7,14-21H2,1-2H3. The molecule has 1 spiro atoms. The molecule has 2 aliphatic heterocycles. The molecule has 1 amide bonds. The third-order valence-electron chi connectivity index (χ3n) is 8.21. The van der Waals surface area contributed by atoms with E-state index in [0.29, 0.717) is 19.7 Å². The first kappa shape index (κ1) is 23.5. The van der Waals surface area contributed by atoms with Crippen molar-refractivity contribution in [1.29, 1.82) is 0 Å². The van der Waals surface area contributed by atoms with Crippen molar-refractivity contribution in [2.45, 2.75) is 75.3 Å². The van der Waals surface area contributed by atoms with Crippen LogP contribution in [-0.2, 0) is 19.8 Å². The second-order valence-corrected chi connectivity index (χ2v) is 10.1. The Bertz CT molecular complexity index is 956. The SMILES string of the molecule is CCOC1CC(c2ccccc2)OC2(CCN(C(=O)c3ccc(C4(OC)CCC4)cc3)CC2)C1. The van der Waals surface area contributed by atoms with Gasteiger partial charge in [0.1, 0.15) is 0 Å². The Morgan fingerprint density at radius 3 is 2.32 bits per heavy atom. The van der Waals surface area contributed by atoms with Gasteiger partial charge in [-0.15, -0.1) is 0 Å². The van der Waals surface area contributed by atoms with Crippen LogP contribution in [0.3, 0.4) is 0 Å². The van der Waals surface area contributed by atoms with Crippen molar-refractivity contribution in [3.8, 4) is 0 Å². The number of piperidine rings is 1. The highest BCUT2D eigenvalue weighted by Gasteiger charge is 2.45. The summed E-state index contributed by atoms with van der Waals surface area (Å²) in [6, 6.07) is 18.6. The Morgan fingerprint density at radius 1 is 1.03 bits per heavy atom. The summed E-state index contributed by atoms with van der Waals surface area (Å²) in [5, 5.41) is 0. The molecule has 2 aromatic carbocycles. The quantitative estimate of drug-likeness (QED) is 0.556. The van der Waals surface area contributed by atoms with Crippen molar-refractivity contribution in [2.75, 3.05) is 26.8 Å². The number of carbonyl (C=O) groups excluding carboxylic acids is 1. The summed E-state index contributed by atoms with van der Waals surface area (Å²) in [5.74, 6) is 0.109. The van der Waals surface area contributed by atoms with Gasteiger partial charge in [0, 0.05) is 45.2 Å². The summed E-state index contributed by atoms with van der Waals surface area (Å²) < 4.78 is 18.6. The van der Waals surface area contributed by atoms with Gasteiger partial charge in [0.05, 0.1) is 23.4 Å². The fourth-order valence-electron chi connectivity index (χ4n) is 6.02. The zero-order chi connectivity index (χ0) is 23.6. The Labute approximate surface area is 203 Å². The first-order valence-electron chi connectivity index (χ1n) is 12.9. The molecule has 0 bridgehead atoms. The predicted molar refractivity (Wildman–Crippen MR) is 132 cm³/mol. The van der Waals surface area contributed by atoms with Gasteiger partial charge in [0.15, 0.2) is 0 Å². The highest BCUT2D eigenvalue weighted by molar-refractivity contribution is 5.94. The van der Waals surface area contributed by atoms with Crippen LogP contribution >= 0.6 is 0 Å². The first-order valence-corrected chi connectivity index (χ1v) is 12.9. The van der Waals surface area contributed by atoms with Crippen molar-refractivity contribution in [1.82, 2.24) is 4.90 Å². The van der Waals surface area contributed by atoms with Crippen LogP contribution in [-0.4, -0.2) is 49.3 Å². The van der Waals surface area contributed by atoms with Gasteiger partial charge in [-0.05, 0) is 62.3 Å². The van der Waals surface area contributed by atoms with Gasteiger partial charge in [-0.25, -0.2) is 0 Å².